The van der Waals surface area contributed by atoms with Gasteiger partial charge in [0, 0.05) is 31.3 Å². The fourth-order valence-corrected chi connectivity index (χ4v) is 3.62. The Morgan fingerprint density at radius 3 is 2.79 bits per heavy atom. The van der Waals surface area contributed by atoms with Gasteiger partial charge in [-0.05, 0) is 45.1 Å². The molecule has 2 aliphatic heterocycles. The first-order valence-electron chi connectivity index (χ1n) is 8.87. The zero-order valence-electron chi connectivity index (χ0n) is 14.2. The molecule has 5 nitrogen and oxygen atoms in total. The molecule has 0 saturated carbocycles. The number of piperidine rings is 1. The maximum atomic E-state index is 6.06. The number of fused-ring (bicyclic) bond motifs is 1. The monoisotopic (exact) mass is 327 g/mol. The van der Waals surface area contributed by atoms with Crippen molar-refractivity contribution in [3.63, 3.8) is 0 Å². The molecule has 0 aliphatic carbocycles. The van der Waals surface area contributed by atoms with Crippen LogP contribution in [-0.4, -0.2) is 47.3 Å². The van der Waals surface area contributed by atoms with Crippen LogP contribution in [0.1, 0.15) is 31.0 Å². The van der Waals surface area contributed by atoms with Crippen LogP contribution in [0.4, 0.5) is 0 Å². The molecule has 1 saturated heterocycles. The molecule has 24 heavy (non-hydrogen) atoms. The summed E-state index contributed by atoms with van der Waals surface area (Å²) in [4.78, 5) is 7.03. The Hall–Kier alpha value is -2.01. The summed E-state index contributed by atoms with van der Waals surface area (Å²) in [5.74, 6) is 3.53. The summed E-state index contributed by atoms with van der Waals surface area (Å²) in [5.41, 5.74) is 0. The highest BCUT2D eigenvalue weighted by Crippen LogP contribution is 2.32. The van der Waals surface area contributed by atoms with Gasteiger partial charge in [-0.25, -0.2) is 4.98 Å². The molecule has 0 bridgehead atoms. The predicted molar refractivity (Wildman–Crippen MR) is 92.7 cm³/mol. The van der Waals surface area contributed by atoms with Crippen molar-refractivity contribution < 1.29 is 9.47 Å². The summed E-state index contributed by atoms with van der Waals surface area (Å²) in [6.07, 6.45) is 7.47. The van der Waals surface area contributed by atoms with Crippen LogP contribution in [0.3, 0.4) is 0 Å². The first kappa shape index (κ1) is 15.5. The van der Waals surface area contributed by atoms with Crippen LogP contribution < -0.4 is 9.47 Å². The van der Waals surface area contributed by atoms with Crippen LogP contribution >= 0.6 is 0 Å². The van der Waals surface area contributed by atoms with Crippen molar-refractivity contribution in [3.05, 3.63) is 42.5 Å². The highest BCUT2D eigenvalue weighted by molar-refractivity contribution is 5.40. The third kappa shape index (κ3) is 3.26. The second-order valence-electron chi connectivity index (χ2n) is 6.84. The van der Waals surface area contributed by atoms with Crippen molar-refractivity contribution in [3.8, 4) is 11.5 Å². The normalized spacial score (nSPS) is 21.8. The molecule has 1 fully saturated rings. The fraction of sp³-hybridized carbons (Fsp3) is 0.526. The SMILES string of the molecule is CN1CCC(c2nccn2CCC2COc3ccccc3O2)CC1. The molecule has 1 aromatic heterocycles. The molecular formula is C19H25N3O2. The van der Waals surface area contributed by atoms with Crippen molar-refractivity contribution in [2.24, 2.45) is 0 Å². The van der Waals surface area contributed by atoms with Crippen molar-refractivity contribution in [2.75, 3.05) is 26.7 Å². The van der Waals surface area contributed by atoms with Gasteiger partial charge >= 0.3 is 0 Å². The van der Waals surface area contributed by atoms with Crippen molar-refractivity contribution >= 4 is 0 Å². The number of imidazole rings is 1. The van der Waals surface area contributed by atoms with Gasteiger partial charge in [0.1, 0.15) is 18.5 Å². The molecule has 0 radical (unpaired) electrons. The Kier molecular flexibility index (Phi) is 4.43. The van der Waals surface area contributed by atoms with E-state index >= 15 is 0 Å². The summed E-state index contributed by atoms with van der Waals surface area (Å²) in [7, 11) is 2.20. The molecule has 1 unspecified atom stereocenters. The average molecular weight is 327 g/mol. The number of ether oxygens (including phenoxy) is 2. The van der Waals surface area contributed by atoms with Gasteiger partial charge < -0.3 is 18.9 Å². The van der Waals surface area contributed by atoms with E-state index in [2.05, 4.69) is 27.7 Å². The van der Waals surface area contributed by atoms with Crippen LogP contribution in [-0.2, 0) is 6.54 Å². The Bertz CT molecular complexity index is 677. The summed E-state index contributed by atoms with van der Waals surface area (Å²) >= 11 is 0. The lowest BCUT2D eigenvalue weighted by Crippen LogP contribution is -2.32. The standard InChI is InChI=1S/C19H25N3O2/c1-21-10-6-15(7-11-21)19-20-9-13-22(19)12-8-16-14-23-17-4-2-3-5-18(17)24-16/h2-5,9,13,15-16H,6-8,10-12,14H2,1H3. The molecule has 3 heterocycles. The molecule has 5 heteroatoms. The Morgan fingerprint density at radius 2 is 1.96 bits per heavy atom. The van der Waals surface area contributed by atoms with Gasteiger partial charge in [-0.1, -0.05) is 12.1 Å². The third-order valence-corrected chi connectivity index (χ3v) is 5.09. The van der Waals surface area contributed by atoms with Crippen LogP contribution in [0.5, 0.6) is 11.5 Å². The van der Waals surface area contributed by atoms with E-state index in [4.69, 9.17) is 9.47 Å². The van der Waals surface area contributed by atoms with E-state index in [1.165, 1.54) is 18.7 Å². The summed E-state index contributed by atoms with van der Waals surface area (Å²) < 4.78 is 14.2. The largest absolute Gasteiger partial charge is 0.486 e. The molecule has 0 amide bonds. The van der Waals surface area contributed by atoms with Gasteiger partial charge in [-0.15, -0.1) is 0 Å². The Morgan fingerprint density at radius 1 is 1.17 bits per heavy atom. The lowest BCUT2D eigenvalue weighted by Gasteiger charge is -2.29. The lowest BCUT2D eigenvalue weighted by atomic mass is 9.96. The molecule has 2 aliphatic rings. The first-order valence-corrected chi connectivity index (χ1v) is 8.87. The number of rotatable bonds is 4. The van der Waals surface area contributed by atoms with E-state index in [-0.39, 0.29) is 6.10 Å². The number of likely N-dealkylation sites (tertiary alicyclic amines) is 1. The quantitative estimate of drug-likeness (QED) is 0.866. The van der Waals surface area contributed by atoms with Gasteiger partial charge in [0.25, 0.3) is 0 Å². The Balaban J connectivity index is 1.36. The smallest absolute Gasteiger partial charge is 0.161 e. The van der Waals surface area contributed by atoms with E-state index in [0.717, 1.165) is 37.6 Å². The number of benzene rings is 1. The number of nitrogens with zero attached hydrogens (tertiary/aromatic N) is 3. The van der Waals surface area contributed by atoms with Gasteiger partial charge in [0.2, 0.25) is 0 Å². The minimum atomic E-state index is 0.104. The second-order valence-corrected chi connectivity index (χ2v) is 6.84. The van der Waals surface area contributed by atoms with Crippen LogP contribution in [0.15, 0.2) is 36.7 Å². The minimum absolute atomic E-state index is 0.104. The highest BCUT2D eigenvalue weighted by Gasteiger charge is 2.24. The van der Waals surface area contributed by atoms with E-state index < -0.39 is 0 Å². The molecule has 1 aromatic carbocycles. The molecule has 0 spiro atoms. The summed E-state index contributed by atoms with van der Waals surface area (Å²) in [6, 6.07) is 7.89. The fourth-order valence-electron chi connectivity index (χ4n) is 3.62. The van der Waals surface area contributed by atoms with E-state index in [0.29, 0.717) is 12.5 Å². The van der Waals surface area contributed by atoms with Crippen LogP contribution in [0.2, 0.25) is 0 Å². The van der Waals surface area contributed by atoms with Gasteiger partial charge in [0.05, 0.1) is 0 Å². The molecule has 1 atom stereocenters. The zero-order chi connectivity index (χ0) is 16.4. The predicted octanol–water partition coefficient (Wildman–Crippen LogP) is 2.92. The van der Waals surface area contributed by atoms with Gasteiger partial charge in [0.15, 0.2) is 11.5 Å². The highest BCUT2D eigenvalue weighted by atomic mass is 16.6. The van der Waals surface area contributed by atoms with Crippen molar-refractivity contribution in [1.82, 2.24) is 14.5 Å². The Labute approximate surface area is 143 Å². The molecule has 0 N–H and O–H groups in total. The lowest BCUT2D eigenvalue weighted by molar-refractivity contribution is 0.0812. The van der Waals surface area contributed by atoms with E-state index in [1.807, 2.05) is 30.5 Å². The molecule has 2 aromatic rings. The topological polar surface area (TPSA) is 39.5 Å². The number of para-hydroxylation sites is 2. The van der Waals surface area contributed by atoms with Gasteiger partial charge in [-0.2, -0.15) is 0 Å². The van der Waals surface area contributed by atoms with Crippen molar-refractivity contribution in [2.45, 2.75) is 37.8 Å². The van der Waals surface area contributed by atoms with Gasteiger partial charge in [-0.3, -0.25) is 0 Å². The van der Waals surface area contributed by atoms with E-state index in [1.54, 1.807) is 0 Å². The maximum Gasteiger partial charge on any atom is 0.161 e. The number of aromatic nitrogens is 2. The first-order chi connectivity index (χ1) is 11.8. The number of aryl methyl sites for hydroxylation is 1. The van der Waals surface area contributed by atoms with Crippen molar-refractivity contribution in [1.29, 1.82) is 0 Å². The zero-order valence-corrected chi connectivity index (χ0v) is 14.2. The summed E-state index contributed by atoms with van der Waals surface area (Å²) in [6.45, 7) is 3.87. The number of hydrogen-bond acceptors (Lipinski definition) is 4. The molecule has 128 valence electrons. The average Bonchev–Trinajstić information content (AvgIpc) is 3.09. The van der Waals surface area contributed by atoms with Crippen LogP contribution in [0.25, 0.3) is 0 Å². The second kappa shape index (κ2) is 6.85. The minimum Gasteiger partial charge on any atom is -0.486 e. The third-order valence-electron chi connectivity index (χ3n) is 5.09. The van der Waals surface area contributed by atoms with Crippen LogP contribution in [0, 0.1) is 0 Å². The molecule has 4 rings (SSSR count). The maximum absolute atomic E-state index is 6.06. The number of hydrogen-bond donors (Lipinski definition) is 0. The molecular weight excluding hydrogens is 302 g/mol. The summed E-state index contributed by atoms with van der Waals surface area (Å²) in [5, 5.41) is 0. The van der Waals surface area contributed by atoms with E-state index in [9.17, 15) is 0 Å².